The first-order valence-corrected chi connectivity index (χ1v) is 6.48. The summed E-state index contributed by atoms with van der Waals surface area (Å²) in [4.78, 5) is 11.8. The molecule has 0 amide bonds. The van der Waals surface area contributed by atoms with Gasteiger partial charge in [-0.25, -0.2) is 0 Å². The zero-order valence-electron chi connectivity index (χ0n) is 11.1. The summed E-state index contributed by atoms with van der Waals surface area (Å²) in [5.74, 6) is 0.123. The van der Waals surface area contributed by atoms with E-state index >= 15 is 0 Å². The first-order valence-electron chi connectivity index (χ1n) is 6.48. The summed E-state index contributed by atoms with van der Waals surface area (Å²) in [6.07, 6.45) is 4.48. The minimum atomic E-state index is 0.0533. The second-order valence-corrected chi connectivity index (χ2v) is 4.60. The number of carbonyl (C=O) groups is 1. The third-order valence-electron chi connectivity index (χ3n) is 3.02. The van der Waals surface area contributed by atoms with Gasteiger partial charge in [-0.05, 0) is 35.8 Å². The van der Waals surface area contributed by atoms with Crippen LogP contribution in [0.4, 0.5) is 5.69 Å². The van der Waals surface area contributed by atoms with Crippen molar-refractivity contribution in [2.24, 2.45) is 0 Å². The molecule has 102 valence electrons. The van der Waals surface area contributed by atoms with E-state index in [4.69, 9.17) is 5.73 Å². The Hall–Kier alpha value is -2.55. The van der Waals surface area contributed by atoms with E-state index in [1.807, 2.05) is 30.3 Å². The van der Waals surface area contributed by atoms with Crippen molar-refractivity contribution < 1.29 is 9.90 Å². The molecule has 0 saturated carbocycles. The van der Waals surface area contributed by atoms with E-state index in [1.165, 1.54) is 6.07 Å². The Labute approximate surface area is 118 Å². The van der Waals surface area contributed by atoms with Crippen LogP contribution in [0.1, 0.15) is 17.5 Å². The standard InChI is InChI=1S/C17H17NO2/c18-16-12-14(8-11-17(16)20)7-10-15(19)9-6-13-4-2-1-3-5-13/h1-5,7-8,10-12,20H,6,9,18H2. The second kappa shape index (κ2) is 6.57. The first-order chi connectivity index (χ1) is 9.65. The predicted octanol–water partition coefficient (Wildman–Crippen LogP) is 3.19. The van der Waals surface area contributed by atoms with E-state index < -0.39 is 0 Å². The van der Waals surface area contributed by atoms with Crippen LogP contribution in [0.2, 0.25) is 0 Å². The number of phenols is 1. The molecule has 2 aromatic carbocycles. The summed E-state index contributed by atoms with van der Waals surface area (Å²) >= 11 is 0. The Morgan fingerprint density at radius 1 is 1.15 bits per heavy atom. The number of anilines is 1. The van der Waals surface area contributed by atoms with Gasteiger partial charge in [0.1, 0.15) is 5.75 Å². The third-order valence-corrected chi connectivity index (χ3v) is 3.02. The lowest BCUT2D eigenvalue weighted by Crippen LogP contribution is -1.95. The van der Waals surface area contributed by atoms with Crippen molar-refractivity contribution in [2.75, 3.05) is 5.73 Å². The van der Waals surface area contributed by atoms with Gasteiger partial charge in [-0.15, -0.1) is 0 Å². The van der Waals surface area contributed by atoms with Crippen molar-refractivity contribution in [3.63, 3.8) is 0 Å². The highest BCUT2D eigenvalue weighted by Gasteiger charge is 2.00. The number of ketones is 1. The fourth-order valence-electron chi connectivity index (χ4n) is 1.86. The topological polar surface area (TPSA) is 63.3 Å². The van der Waals surface area contributed by atoms with Crippen LogP contribution in [0.25, 0.3) is 6.08 Å². The van der Waals surface area contributed by atoms with Crippen molar-refractivity contribution in [3.8, 4) is 5.75 Å². The molecular weight excluding hydrogens is 250 g/mol. The fraction of sp³-hybridized carbons (Fsp3) is 0.118. The summed E-state index contributed by atoms with van der Waals surface area (Å²) in [5.41, 5.74) is 7.86. The van der Waals surface area contributed by atoms with Crippen LogP contribution in [0.3, 0.4) is 0 Å². The summed E-state index contributed by atoms with van der Waals surface area (Å²) < 4.78 is 0. The maximum atomic E-state index is 11.8. The first kappa shape index (κ1) is 13.9. The summed E-state index contributed by atoms with van der Waals surface area (Å²) in [7, 11) is 0. The lowest BCUT2D eigenvalue weighted by molar-refractivity contribution is -0.114. The van der Waals surface area contributed by atoms with Gasteiger partial charge in [0.05, 0.1) is 5.69 Å². The van der Waals surface area contributed by atoms with E-state index in [9.17, 15) is 9.90 Å². The van der Waals surface area contributed by atoms with Gasteiger partial charge >= 0.3 is 0 Å². The largest absolute Gasteiger partial charge is 0.506 e. The smallest absolute Gasteiger partial charge is 0.156 e. The van der Waals surface area contributed by atoms with E-state index in [-0.39, 0.29) is 11.5 Å². The van der Waals surface area contributed by atoms with Gasteiger partial charge in [-0.2, -0.15) is 0 Å². The normalized spacial score (nSPS) is 10.8. The van der Waals surface area contributed by atoms with E-state index in [2.05, 4.69) is 0 Å². The van der Waals surface area contributed by atoms with Gasteiger partial charge in [0.2, 0.25) is 0 Å². The van der Waals surface area contributed by atoms with Crippen molar-refractivity contribution in [3.05, 3.63) is 65.7 Å². The molecule has 0 spiro atoms. The van der Waals surface area contributed by atoms with Gasteiger partial charge in [-0.3, -0.25) is 4.79 Å². The lowest BCUT2D eigenvalue weighted by atomic mass is 10.1. The highest BCUT2D eigenvalue weighted by molar-refractivity contribution is 5.93. The number of phenolic OH excluding ortho intramolecular Hbond substituents is 1. The van der Waals surface area contributed by atoms with Gasteiger partial charge in [0, 0.05) is 6.42 Å². The molecular formula is C17H17NO2. The number of carbonyl (C=O) groups excluding carboxylic acids is 1. The molecule has 20 heavy (non-hydrogen) atoms. The number of hydrogen-bond acceptors (Lipinski definition) is 3. The number of aryl methyl sites for hydroxylation is 1. The molecule has 2 rings (SSSR count). The molecule has 3 nitrogen and oxygen atoms in total. The molecule has 0 atom stereocenters. The Morgan fingerprint density at radius 3 is 2.60 bits per heavy atom. The average molecular weight is 267 g/mol. The summed E-state index contributed by atoms with van der Waals surface area (Å²) in [6.45, 7) is 0. The maximum absolute atomic E-state index is 11.8. The third kappa shape index (κ3) is 3.99. The number of allylic oxidation sites excluding steroid dienone is 1. The molecule has 0 aliphatic rings. The Bertz CT molecular complexity index is 618. The van der Waals surface area contributed by atoms with Gasteiger partial charge in [0.15, 0.2) is 5.78 Å². The fourth-order valence-corrected chi connectivity index (χ4v) is 1.86. The highest BCUT2D eigenvalue weighted by atomic mass is 16.3. The number of hydrogen-bond donors (Lipinski definition) is 2. The molecule has 0 unspecified atom stereocenters. The van der Waals surface area contributed by atoms with Crippen LogP contribution >= 0.6 is 0 Å². The van der Waals surface area contributed by atoms with Gasteiger partial charge in [-0.1, -0.05) is 42.5 Å². The number of aromatic hydroxyl groups is 1. The van der Waals surface area contributed by atoms with Crippen molar-refractivity contribution >= 4 is 17.5 Å². The van der Waals surface area contributed by atoms with Crippen molar-refractivity contribution in [2.45, 2.75) is 12.8 Å². The predicted molar refractivity (Wildman–Crippen MR) is 81.3 cm³/mol. The quantitative estimate of drug-likeness (QED) is 0.497. The molecule has 3 heteroatoms. The van der Waals surface area contributed by atoms with Crippen LogP contribution in [0.5, 0.6) is 5.75 Å². The number of benzene rings is 2. The molecule has 3 N–H and O–H groups in total. The molecule has 0 radical (unpaired) electrons. The molecule has 2 aromatic rings. The highest BCUT2D eigenvalue weighted by Crippen LogP contribution is 2.21. The molecule has 0 aliphatic carbocycles. The Balaban J connectivity index is 1.90. The van der Waals surface area contributed by atoms with Crippen LogP contribution in [-0.2, 0) is 11.2 Å². The molecule has 0 bridgehead atoms. The van der Waals surface area contributed by atoms with E-state index in [1.54, 1.807) is 24.3 Å². The minimum absolute atomic E-state index is 0.0533. The number of rotatable bonds is 5. The van der Waals surface area contributed by atoms with Crippen LogP contribution in [0, 0.1) is 0 Å². The average Bonchev–Trinajstić information content (AvgIpc) is 2.47. The molecule has 0 aromatic heterocycles. The van der Waals surface area contributed by atoms with Crippen molar-refractivity contribution in [1.29, 1.82) is 0 Å². The molecule has 0 aliphatic heterocycles. The van der Waals surface area contributed by atoms with Crippen molar-refractivity contribution in [1.82, 2.24) is 0 Å². The van der Waals surface area contributed by atoms with E-state index in [0.29, 0.717) is 12.1 Å². The zero-order chi connectivity index (χ0) is 14.4. The summed E-state index contributed by atoms with van der Waals surface area (Å²) in [5, 5.41) is 9.32. The summed E-state index contributed by atoms with van der Waals surface area (Å²) in [6, 6.07) is 14.8. The monoisotopic (exact) mass is 267 g/mol. The zero-order valence-corrected chi connectivity index (χ0v) is 11.1. The van der Waals surface area contributed by atoms with Gasteiger partial charge < -0.3 is 10.8 Å². The number of nitrogens with two attached hydrogens (primary N) is 1. The molecule has 0 heterocycles. The maximum Gasteiger partial charge on any atom is 0.156 e. The SMILES string of the molecule is Nc1cc(C=CC(=O)CCc2ccccc2)ccc1O. The Morgan fingerprint density at radius 2 is 1.90 bits per heavy atom. The van der Waals surface area contributed by atoms with Crippen LogP contribution < -0.4 is 5.73 Å². The minimum Gasteiger partial charge on any atom is -0.506 e. The molecule has 0 saturated heterocycles. The van der Waals surface area contributed by atoms with E-state index in [0.717, 1.165) is 17.5 Å². The van der Waals surface area contributed by atoms with Gasteiger partial charge in [0.25, 0.3) is 0 Å². The van der Waals surface area contributed by atoms with Crippen LogP contribution in [-0.4, -0.2) is 10.9 Å². The second-order valence-electron chi connectivity index (χ2n) is 4.60. The number of nitrogen functional groups attached to an aromatic ring is 1. The molecule has 0 fully saturated rings. The Kier molecular flexibility index (Phi) is 4.56. The van der Waals surface area contributed by atoms with Crippen LogP contribution in [0.15, 0.2) is 54.6 Å². The lowest BCUT2D eigenvalue weighted by Gasteiger charge is -2.00.